The van der Waals surface area contributed by atoms with Gasteiger partial charge in [0.1, 0.15) is 5.82 Å². The number of rotatable bonds is 3. The first-order valence-electron chi connectivity index (χ1n) is 6.73. The molecule has 0 spiro atoms. The van der Waals surface area contributed by atoms with Crippen LogP contribution in [0.4, 0.5) is 10.1 Å². The van der Waals surface area contributed by atoms with E-state index in [1.807, 2.05) is 12.1 Å². The zero-order chi connectivity index (χ0) is 13.2. The van der Waals surface area contributed by atoms with Crippen molar-refractivity contribution in [1.29, 1.82) is 0 Å². The number of hydrogen-bond acceptors (Lipinski definition) is 2. The average Bonchev–Trinajstić information content (AvgIpc) is 2.32. The van der Waals surface area contributed by atoms with Crippen LogP contribution in [0.2, 0.25) is 0 Å². The standard InChI is InChI=1S/C15H23FN2/c1-15(2)11-18(10-8-12(15)7-9-17)14-5-3-13(16)4-6-14/h3-6,12H,7-11,17H2,1-2H3. The summed E-state index contributed by atoms with van der Waals surface area (Å²) in [6, 6.07) is 6.81. The SMILES string of the molecule is CC1(C)CN(c2ccc(F)cc2)CCC1CCN. The molecule has 0 bridgehead atoms. The van der Waals surface area contributed by atoms with Crippen LogP contribution in [0, 0.1) is 17.2 Å². The van der Waals surface area contributed by atoms with Crippen molar-refractivity contribution in [2.75, 3.05) is 24.5 Å². The molecule has 2 N–H and O–H groups in total. The molecule has 0 aliphatic carbocycles. The van der Waals surface area contributed by atoms with Crippen molar-refractivity contribution in [2.45, 2.75) is 26.7 Å². The molecule has 100 valence electrons. The van der Waals surface area contributed by atoms with E-state index in [2.05, 4.69) is 18.7 Å². The number of halogens is 1. The van der Waals surface area contributed by atoms with E-state index in [1.165, 1.54) is 18.6 Å². The largest absolute Gasteiger partial charge is 0.371 e. The van der Waals surface area contributed by atoms with Crippen molar-refractivity contribution in [3.8, 4) is 0 Å². The van der Waals surface area contributed by atoms with E-state index in [-0.39, 0.29) is 11.2 Å². The topological polar surface area (TPSA) is 29.3 Å². The molecule has 0 saturated carbocycles. The molecule has 18 heavy (non-hydrogen) atoms. The van der Waals surface area contributed by atoms with Crippen LogP contribution < -0.4 is 10.6 Å². The zero-order valence-electron chi connectivity index (χ0n) is 11.3. The van der Waals surface area contributed by atoms with Gasteiger partial charge in [-0.3, -0.25) is 0 Å². The van der Waals surface area contributed by atoms with E-state index in [1.54, 1.807) is 0 Å². The summed E-state index contributed by atoms with van der Waals surface area (Å²) < 4.78 is 12.9. The Kier molecular flexibility index (Phi) is 3.91. The van der Waals surface area contributed by atoms with Crippen LogP contribution >= 0.6 is 0 Å². The maximum atomic E-state index is 12.9. The van der Waals surface area contributed by atoms with Gasteiger partial charge in [-0.1, -0.05) is 13.8 Å². The third-order valence-electron chi connectivity index (χ3n) is 4.16. The Morgan fingerprint density at radius 1 is 1.33 bits per heavy atom. The van der Waals surface area contributed by atoms with E-state index in [0.29, 0.717) is 5.92 Å². The van der Waals surface area contributed by atoms with Crippen LogP contribution in [0.25, 0.3) is 0 Å². The lowest BCUT2D eigenvalue weighted by atomic mass is 9.72. The predicted molar refractivity (Wildman–Crippen MR) is 74.2 cm³/mol. The Morgan fingerprint density at radius 2 is 2.00 bits per heavy atom. The van der Waals surface area contributed by atoms with Gasteiger partial charge >= 0.3 is 0 Å². The summed E-state index contributed by atoms with van der Waals surface area (Å²) in [5, 5.41) is 0. The monoisotopic (exact) mass is 250 g/mol. The third kappa shape index (κ3) is 2.83. The van der Waals surface area contributed by atoms with Gasteiger partial charge in [0.15, 0.2) is 0 Å². The highest BCUT2D eigenvalue weighted by Gasteiger charge is 2.35. The van der Waals surface area contributed by atoms with Crippen LogP contribution in [0.1, 0.15) is 26.7 Å². The summed E-state index contributed by atoms with van der Waals surface area (Å²) in [5.74, 6) is 0.523. The van der Waals surface area contributed by atoms with Gasteiger partial charge in [0.2, 0.25) is 0 Å². The number of hydrogen-bond donors (Lipinski definition) is 1. The van der Waals surface area contributed by atoms with Crippen LogP contribution in [0.15, 0.2) is 24.3 Å². The minimum absolute atomic E-state index is 0.170. The molecule has 3 heteroatoms. The Labute approximate surface area is 109 Å². The molecule has 2 rings (SSSR count). The Bertz CT molecular complexity index is 386. The molecular weight excluding hydrogens is 227 g/mol. The molecule has 1 fully saturated rings. The molecule has 0 aromatic heterocycles. The van der Waals surface area contributed by atoms with Gasteiger partial charge < -0.3 is 10.6 Å². The minimum atomic E-state index is -0.170. The van der Waals surface area contributed by atoms with E-state index in [0.717, 1.165) is 31.7 Å². The van der Waals surface area contributed by atoms with Crippen molar-refractivity contribution in [2.24, 2.45) is 17.1 Å². The zero-order valence-corrected chi connectivity index (χ0v) is 11.3. The van der Waals surface area contributed by atoms with Crippen molar-refractivity contribution >= 4 is 5.69 Å². The molecule has 1 heterocycles. The summed E-state index contributed by atoms with van der Waals surface area (Å²) in [6.07, 6.45) is 2.27. The number of nitrogens with two attached hydrogens (primary N) is 1. The lowest BCUT2D eigenvalue weighted by molar-refractivity contribution is 0.167. The molecule has 0 radical (unpaired) electrons. The van der Waals surface area contributed by atoms with Gasteiger partial charge in [0.05, 0.1) is 0 Å². The minimum Gasteiger partial charge on any atom is -0.371 e. The second kappa shape index (κ2) is 5.27. The molecule has 1 aliphatic heterocycles. The van der Waals surface area contributed by atoms with Gasteiger partial charge in [-0.15, -0.1) is 0 Å². The smallest absolute Gasteiger partial charge is 0.123 e. The lowest BCUT2D eigenvalue weighted by Gasteiger charge is -2.45. The number of nitrogens with zero attached hydrogens (tertiary/aromatic N) is 1. The summed E-state index contributed by atoms with van der Waals surface area (Å²) in [5.41, 5.74) is 7.08. The van der Waals surface area contributed by atoms with Crippen molar-refractivity contribution < 1.29 is 4.39 Å². The van der Waals surface area contributed by atoms with Crippen molar-refractivity contribution in [1.82, 2.24) is 0 Å². The van der Waals surface area contributed by atoms with E-state index in [4.69, 9.17) is 5.73 Å². The molecule has 0 amide bonds. The Morgan fingerprint density at radius 3 is 2.56 bits per heavy atom. The molecule has 1 aliphatic rings. The van der Waals surface area contributed by atoms with E-state index < -0.39 is 0 Å². The van der Waals surface area contributed by atoms with Crippen molar-refractivity contribution in [3.63, 3.8) is 0 Å². The first-order valence-corrected chi connectivity index (χ1v) is 6.73. The summed E-state index contributed by atoms with van der Waals surface area (Å²) in [4.78, 5) is 2.35. The molecule has 2 nitrogen and oxygen atoms in total. The van der Waals surface area contributed by atoms with Gasteiger partial charge in [-0.2, -0.15) is 0 Å². The van der Waals surface area contributed by atoms with Crippen molar-refractivity contribution in [3.05, 3.63) is 30.1 Å². The van der Waals surface area contributed by atoms with Crippen LogP contribution in [-0.4, -0.2) is 19.6 Å². The lowest BCUT2D eigenvalue weighted by Crippen LogP contribution is -2.46. The fourth-order valence-corrected chi connectivity index (χ4v) is 3.01. The van der Waals surface area contributed by atoms with E-state index >= 15 is 0 Å². The fourth-order valence-electron chi connectivity index (χ4n) is 3.01. The summed E-state index contributed by atoms with van der Waals surface area (Å²) in [6.45, 7) is 7.44. The molecule has 1 aromatic carbocycles. The van der Waals surface area contributed by atoms with Gasteiger partial charge in [-0.25, -0.2) is 4.39 Å². The maximum absolute atomic E-state index is 12.9. The third-order valence-corrected chi connectivity index (χ3v) is 4.16. The first kappa shape index (κ1) is 13.3. The first-order chi connectivity index (χ1) is 8.53. The number of benzene rings is 1. The second-order valence-corrected chi connectivity index (χ2v) is 5.95. The summed E-state index contributed by atoms with van der Waals surface area (Å²) in [7, 11) is 0. The normalized spacial score (nSPS) is 23.1. The average molecular weight is 250 g/mol. The molecule has 1 atom stereocenters. The van der Waals surface area contributed by atoms with Crippen LogP contribution in [-0.2, 0) is 0 Å². The molecule has 1 unspecified atom stereocenters. The number of anilines is 1. The van der Waals surface area contributed by atoms with Gasteiger partial charge in [0, 0.05) is 18.8 Å². The summed E-state index contributed by atoms with van der Waals surface area (Å²) >= 11 is 0. The van der Waals surface area contributed by atoms with Gasteiger partial charge in [-0.05, 0) is 55.0 Å². The fraction of sp³-hybridized carbons (Fsp3) is 0.600. The highest BCUT2D eigenvalue weighted by Crippen LogP contribution is 2.38. The quantitative estimate of drug-likeness (QED) is 0.893. The number of piperidine rings is 1. The van der Waals surface area contributed by atoms with E-state index in [9.17, 15) is 4.39 Å². The predicted octanol–water partition coefficient (Wildman–Crippen LogP) is 3.03. The highest BCUT2D eigenvalue weighted by atomic mass is 19.1. The van der Waals surface area contributed by atoms with Gasteiger partial charge in [0.25, 0.3) is 0 Å². The van der Waals surface area contributed by atoms with Crippen LogP contribution in [0.3, 0.4) is 0 Å². The Balaban J connectivity index is 2.08. The Hall–Kier alpha value is -1.09. The molecular formula is C15H23FN2. The highest BCUT2D eigenvalue weighted by molar-refractivity contribution is 5.47. The van der Waals surface area contributed by atoms with Crippen LogP contribution in [0.5, 0.6) is 0 Å². The molecule has 1 aromatic rings. The molecule has 1 saturated heterocycles. The second-order valence-electron chi connectivity index (χ2n) is 5.95. The maximum Gasteiger partial charge on any atom is 0.123 e.